The third-order valence-electron chi connectivity index (χ3n) is 3.53. The summed E-state index contributed by atoms with van der Waals surface area (Å²) < 4.78 is 11.9. The first-order chi connectivity index (χ1) is 10.1. The molecule has 1 atom stereocenters. The molecule has 0 N–H and O–H groups in total. The number of aromatic nitrogens is 4. The maximum absolute atomic E-state index is 12.3. The molecular formula is C11H16N6O4. The average molecular weight is 296 g/mol. The largest absolute Gasteiger partial charge is 0.448 e. The number of carbonyl (C=O) groups excluding carboxylic acids is 2. The smallest absolute Gasteiger partial charge is 0.410 e. The van der Waals surface area contributed by atoms with Crippen molar-refractivity contribution in [2.75, 3.05) is 39.4 Å². The molecule has 1 aromatic rings. The molecule has 0 spiro atoms. The number of rotatable bonds is 3. The first-order valence-corrected chi connectivity index (χ1v) is 6.68. The van der Waals surface area contributed by atoms with E-state index >= 15 is 0 Å². The van der Waals surface area contributed by atoms with Gasteiger partial charge >= 0.3 is 6.09 Å². The minimum atomic E-state index is -0.439. The molecule has 3 rings (SSSR count). The molecule has 10 nitrogen and oxygen atoms in total. The van der Waals surface area contributed by atoms with Gasteiger partial charge in [0.1, 0.15) is 19.3 Å². The number of nitrogens with zero attached hydrogens (tertiary/aromatic N) is 6. The summed E-state index contributed by atoms with van der Waals surface area (Å²) in [6, 6.07) is 0. The Bertz CT molecular complexity index is 547. The molecule has 0 aromatic carbocycles. The lowest BCUT2D eigenvalue weighted by atomic mass is 10.2. The van der Waals surface area contributed by atoms with Crippen LogP contribution in [-0.4, -0.2) is 81.4 Å². The van der Waals surface area contributed by atoms with E-state index < -0.39 is 6.09 Å². The average Bonchev–Trinajstić information content (AvgIpc) is 3.08. The predicted molar refractivity (Wildman–Crippen MR) is 67.0 cm³/mol. The topological polar surface area (TPSA) is 103 Å². The van der Waals surface area contributed by atoms with Gasteiger partial charge in [-0.25, -0.2) is 9.48 Å². The molecular weight excluding hydrogens is 280 g/mol. The fourth-order valence-corrected chi connectivity index (χ4v) is 2.37. The second-order valence-corrected chi connectivity index (χ2v) is 4.90. The quantitative estimate of drug-likeness (QED) is 0.673. The van der Waals surface area contributed by atoms with Gasteiger partial charge in [-0.15, -0.1) is 5.10 Å². The van der Waals surface area contributed by atoms with Crippen molar-refractivity contribution in [1.29, 1.82) is 0 Å². The van der Waals surface area contributed by atoms with Crippen LogP contribution in [0.2, 0.25) is 0 Å². The SMILES string of the molecule is Cn1nnnc1C1CN(C(=O)CN2CCOC2=O)CCO1. The first-order valence-electron chi connectivity index (χ1n) is 6.68. The van der Waals surface area contributed by atoms with E-state index in [1.165, 1.54) is 9.58 Å². The van der Waals surface area contributed by atoms with Gasteiger partial charge in [0.25, 0.3) is 0 Å². The first kappa shape index (κ1) is 13.7. The summed E-state index contributed by atoms with van der Waals surface area (Å²) in [4.78, 5) is 26.7. The zero-order valence-electron chi connectivity index (χ0n) is 11.6. The van der Waals surface area contributed by atoms with Gasteiger partial charge in [-0.2, -0.15) is 0 Å². The molecule has 10 heteroatoms. The molecule has 2 aliphatic heterocycles. The van der Waals surface area contributed by atoms with Crippen LogP contribution in [0, 0.1) is 0 Å². The van der Waals surface area contributed by atoms with Crippen molar-refractivity contribution in [1.82, 2.24) is 30.0 Å². The monoisotopic (exact) mass is 296 g/mol. The molecule has 2 saturated heterocycles. The third-order valence-corrected chi connectivity index (χ3v) is 3.53. The highest BCUT2D eigenvalue weighted by Crippen LogP contribution is 2.19. The molecule has 21 heavy (non-hydrogen) atoms. The normalized spacial score (nSPS) is 22.5. The van der Waals surface area contributed by atoms with Crippen molar-refractivity contribution in [3.05, 3.63) is 5.82 Å². The van der Waals surface area contributed by atoms with Crippen LogP contribution in [-0.2, 0) is 21.3 Å². The molecule has 0 bridgehead atoms. The van der Waals surface area contributed by atoms with Crippen LogP contribution in [0.25, 0.3) is 0 Å². The summed E-state index contributed by atoms with van der Waals surface area (Å²) in [5, 5.41) is 11.2. The lowest BCUT2D eigenvalue weighted by Crippen LogP contribution is -2.47. The maximum atomic E-state index is 12.3. The lowest BCUT2D eigenvalue weighted by molar-refractivity contribution is -0.139. The van der Waals surface area contributed by atoms with E-state index in [4.69, 9.17) is 9.47 Å². The Balaban J connectivity index is 1.61. The van der Waals surface area contributed by atoms with Crippen molar-refractivity contribution >= 4 is 12.0 Å². The number of morpholine rings is 1. The van der Waals surface area contributed by atoms with Crippen LogP contribution >= 0.6 is 0 Å². The predicted octanol–water partition coefficient (Wildman–Crippen LogP) is -1.44. The Morgan fingerprint density at radius 2 is 2.24 bits per heavy atom. The van der Waals surface area contributed by atoms with E-state index in [0.29, 0.717) is 38.7 Å². The molecule has 2 fully saturated rings. The molecule has 2 amide bonds. The summed E-state index contributed by atoms with van der Waals surface area (Å²) in [6.07, 6.45) is -0.793. The Morgan fingerprint density at radius 3 is 2.90 bits per heavy atom. The third kappa shape index (κ3) is 2.79. The van der Waals surface area contributed by atoms with Gasteiger partial charge in [0.15, 0.2) is 5.82 Å². The van der Waals surface area contributed by atoms with Gasteiger partial charge < -0.3 is 14.4 Å². The molecule has 1 unspecified atom stereocenters. The highest BCUT2D eigenvalue weighted by atomic mass is 16.6. The van der Waals surface area contributed by atoms with Crippen LogP contribution in [0.15, 0.2) is 0 Å². The number of hydrogen-bond acceptors (Lipinski definition) is 7. The lowest BCUT2D eigenvalue weighted by Gasteiger charge is -2.32. The second kappa shape index (κ2) is 5.64. The Hall–Kier alpha value is -2.23. The van der Waals surface area contributed by atoms with Crippen LogP contribution in [0.1, 0.15) is 11.9 Å². The van der Waals surface area contributed by atoms with E-state index in [-0.39, 0.29) is 18.6 Å². The van der Waals surface area contributed by atoms with E-state index in [9.17, 15) is 9.59 Å². The summed E-state index contributed by atoms with van der Waals surface area (Å²) in [7, 11) is 1.72. The van der Waals surface area contributed by atoms with Crippen molar-refractivity contribution in [3.63, 3.8) is 0 Å². The van der Waals surface area contributed by atoms with E-state index in [2.05, 4.69) is 15.5 Å². The van der Waals surface area contributed by atoms with E-state index in [0.717, 1.165) is 0 Å². The standard InChI is InChI=1S/C11H16N6O4/c1-15-10(12-13-14-15)8-6-16(2-4-20-8)9(18)7-17-3-5-21-11(17)19/h8H,2-7H2,1H3. The van der Waals surface area contributed by atoms with Gasteiger partial charge in [0.05, 0.1) is 19.7 Å². The number of amides is 2. The molecule has 3 heterocycles. The van der Waals surface area contributed by atoms with Crippen molar-refractivity contribution in [2.45, 2.75) is 6.10 Å². The summed E-state index contributed by atoms with van der Waals surface area (Å²) in [5.74, 6) is 0.449. The van der Waals surface area contributed by atoms with Crippen molar-refractivity contribution < 1.29 is 19.1 Å². The Labute approximate surface area is 120 Å². The van der Waals surface area contributed by atoms with Gasteiger partial charge in [0, 0.05) is 13.6 Å². The number of carbonyl (C=O) groups is 2. The van der Waals surface area contributed by atoms with Crippen LogP contribution in [0.4, 0.5) is 4.79 Å². The van der Waals surface area contributed by atoms with E-state index in [1.54, 1.807) is 11.9 Å². The highest BCUT2D eigenvalue weighted by Gasteiger charge is 2.31. The highest BCUT2D eigenvalue weighted by molar-refractivity contribution is 5.83. The number of tetrazole rings is 1. The van der Waals surface area contributed by atoms with E-state index in [1.807, 2.05) is 0 Å². The van der Waals surface area contributed by atoms with Crippen molar-refractivity contribution in [2.24, 2.45) is 7.05 Å². The summed E-state index contributed by atoms with van der Waals surface area (Å²) in [5.41, 5.74) is 0. The van der Waals surface area contributed by atoms with Crippen LogP contribution in [0.5, 0.6) is 0 Å². The minimum Gasteiger partial charge on any atom is -0.448 e. The number of ether oxygens (including phenoxy) is 2. The number of aryl methyl sites for hydroxylation is 1. The van der Waals surface area contributed by atoms with Gasteiger partial charge in [-0.3, -0.25) is 9.69 Å². The fourth-order valence-electron chi connectivity index (χ4n) is 2.37. The zero-order chi connectivity index (χ0) is 14.8. The minimum absolute atomic E-state index is 0.0304. The molecule has 114 valence electrons. The number of hydrogen-bond donors (Lipinski definition) is 0. The second-order valence-electron chi connectivity index (χ2n) is 4.90. The summed E-state index contributed by atoms with van der Waals surface area (Å²) >= 11 is 0. The van der Waals surface area contributed by atoms with Gasteiger partial charge in [-0.05, 0) is 10.4 Å². The van der Waals surface area contributed by atoms with Gasteiger partial charge in [-0.1, -0.05) is 0 Å². The Kier molecular flexibility index (Phi) is 3.69. The fraction of sp³-hybridized carbons (Fsp3) is 0.727. The molecule has 0 radical (unpaired) electrons. The van der Waals surface area contributed by atoms with Gasteiger partial charge in [0.2, 0.25) is 5.91 Å². The molecule has 1 aromatic heterocycles. The van der Waals surface area contributed by atoms with Crippen LogP contribution < -0.4 is 0 Å². The number of cyclic esters (lactones) is 1. The van der Waals surface area contributed by atoms with Crippen LogP contribution in [0.3, 0.4) is 0 Å². The maximum Gasteiger partial charge on any atom is 0.410 e. The molecule has 0 saturated carbocycles. The molecule has 2 aliphatic rings. The summed E-state index contributed by atoms with van der Waals surface area (Å²) in [6.45, 7) is 2.09. The zero-order valence-corrected chi connectivity index (χ0v) is 11.6. The Morgan fingerprint density at radius 1 is 1.38 bits per heavy atom. The van der Waals surface area contributed by atoms with Crippen molar-refractivity contribution in [3.8, 4) is 0 Å². The molecule has 0 aliphatic carbocycles.